The number of methoxy groups -OCH3 is 1. The number of ether oxygens (including phenoxy) is 2. The van der Waals surface area contributed by atoms with Gasteiger partial charge in [-0.1, -0.05) is 38.1 Å². The highest BCUT2D eigenvalue weighted by atomic mass is 16.7. The van der Waals surface area contributed by atoms with Crippen LogP contribution < -0.4 is 15.4 Å². The van der Waals surface area contributed by atoms with E-state index in [0.717, 1.165) is 18.4 Å². The van der Waals surface area contributed by atoms with Crippen LogP contribution in [0.1, 0.15) is 86.2 Å². The summed E-state index contributed by atoms with van der Waals surface area (Å²) in [7, 11) is 0.683. The van der Waals surface area contributed by atoms with Crippen LogP contribution in [0, 0.1) is 17.3 Å². The molecule has 1 aliphatic heterocycles. The third-order valence-corrected chi connectivity index (χ3v) is 9.61. The Morgan fingerprint density at radius 3 is 2.50 bits per heavy atom. The van der Waals surface area contributed by atoms with E-state index in [0.29, 0.717) is 23.0 Å². The molecule has 3 aliphatic carbocycles. The Kier molecular flexibility index (Phi) is 8.50. The number of carboxylic acid groups (broad SMARTS) is 1. The number of hydrogen-bond acceptors (Lipinski definition) is 7. The van der Waals surface area contributed by atoms with E-state index in [-0.39, 0.29) is 41.7 Å². The Morgan fingerprint density at radius 2 is 1.84 bits per heavy atom. The Labute approximate surface area is 259 Å². The summed E-state index contributed by atoms with van der Waals surface area (Å²) in [6.07, 6.45) is 1.56. The average Bonchev–Trinajstić information content (AvgIpc) is 3.32. The standard InChI is InChI=1S/C33H43BN2O8/c1-31(2,3)42-30(40)35-18-19-10-8-12-21(14-19)28(37)36-26(15-20-11-9-13-23(29(38)39)27(20)41-7)34-43-25-17-22-16-24(32(22,4)5)33(25,6)44-34/h8-14,22,24-26H,15-18H2,1-7H3,(H,35,40)(H,36,37)(H,38,39). The van der Waals surface area contributed by atoms with Crippen molar-refractivity contribution in [2.24, 2.45) is 17.3 Å². The first kappa shape index (κ1) is 31.8. The summed E-state index contributed by atoms with van der Waals surface area (Å²) in [4.78, 5) is 37.8. The molecule has 10 nitrogen and oxygen atoms in total. The predicted molar refractivity (Wildman–Crippen MR) is 165 cm³/mol. The first-order valence-corrected chi connectivity index (χ1v) is 15.2. The van der Waals surface area contributed by atoms with E-state index in [4.69, 9.17) is 18.8 Å². The number of hydrogen-bond donors (Lipinski definition) is 3. The summed E-state index contributed by atoms with van der Waals surface area (Å²) in [5.74, 6) is -0.968. The second kappa shape index (κ2) is 11.7. The van der Waals surface area contributed by atoms with Gasteiger partial charge in [-0.2, -0.15) is 0 Å². The maximum atomic E-state index is 13.7. The van der Waals surface area contributed by atoms with Crippen molar-refractivity contribution in [2.45, 2.75) is 90.6 Å². The minimum atomic E-state index is -1.10. The summed E-state index contributed by atoms with van der Waals surface area (Å²) in [6.45, 7) is 12.2. The number of rotatable bonds is 9. The lowest BCUT2D eigenvalue weighted by atomic mass is 9.43. The maximum Gasteiger partial charge on any atom is 0.482 e. The molecule has 0 radical (unpaired) electrons. The lowest BCUT2D eigenvalue weighted by Crippen LogP contribution is -2.65. The van der Waals surface area contributed by atoms with Crippen molar-refractivity contribution in [3.63, 3.8) is 0 Å². The zero-order valence-electron chi connectivity index (χ0n) is 26.6. The van der Waals surface area contributed by atoms with E-state index in [2.05, 4.69) is 31.4 Å². The van der Waals surface area contributed by atoms with Crippen molar-refractivity contribution in [1.29, 1.82) is 0 Å². The molecule has 4 fully saturated rings. The number of carbonyl (C=O) groups is 3. The van der Waals surface area contributed by atoms with Gasteiger partial charge in [0.15, 0.2) is 0 Å². The normalized spacial score (nSPS) is 25.7. The van der Waals surface area contributed by atoms with Gasteiger partial charge in [-0.15, -0.1) is 0 Å². The fourth-order valence-electron chi connectivity index (χ4n) is 7.24. The van der Waals surface area contributed by atoms with Crippen LogP contribution in [-0.4, -0.2) is 60.6 Å². The quantitative estimate of drug-likeness (QED) is 0.339. The van der Waals surface area contributed by atoms with Gasteiger partial charge in [0.05, 0.1) is 24.8 Å². The van der Waals surface area contributed by atoms with Gasteiger partial charge in [0, 0.05) is 12.1 Å². The number of aromatic carboxylic acids is 1. The fourth-order valence-corrected chi connectivity index (χ4v) is 7.24. The van der Waals surface area contributed by atoms with Gasteiger partial charge < -0.3 is 34.5 Å². The lowest BCUT2D eigenvalue weighted by Gasteiger charge is -2.64. The molecule has 2 aromatic carbocycles. The van der Waals surface area contributed by atoms with E-state index in [9.17, 15) is 19.5 Å². The third kappa shape index (κ3) is 6.17. The molecule has 5 atom stereocenters. The molecule has 236 valence electrons. The van der Waals surface area contributed by atoms with Gasteiger partial charge >= 0.3 is 19.2 Å². The van der Waals surface area contributed by atoms with E-state index in [1.165, 1.54) is 13.2 Å². The van der Waals surface area contributed by atoms with Gasteiger partial charge in [-0.05, 0) is 93.5 Å². The summed E-state index contributed by atoms with van der Waals surface area (Å²) in [5.41, 5.74) is 0.810. The van der Waals surface area contributed by atoms with Crippen molar-refractivity contribution in [3.05, 3.63) is 64.7 Å². The number of nitrogens with one attached hydrogen (secondary N) is 2. The Balaban J connectivity index is 1.38. The van der Waals surface area contributed by atoms with E-state index in [1.54, 1.807) is 51.1 Å². The van der Waals surface area contributed by atoms with Crippen molar-refractivity contribution in [2.75, 3.05) is 7.11 Å². The molecule has 2 amide bonds. The summed E-state index contributed by atoms with van der Waals surface area (Å²) < 4.78 is 24.1. The molecular weight excluding hydrogens is 563 g/mol. The molecule has 3 saturated carbocycles. The fraction of sp³-hybridized carbons (Fsp3) is 0.545. The number of carboxylic acids is 1. The molecule has 4 aliphatic rings. The molecule has 1 saturated heterocycles. The van der Waals surface area contributed by atoms with Gasteiger partial charge in [0.2, 0.25) is 0 Å². The number of alkyl carbamates (subject to hydrolysis) is 1. The Bertz CT molecular complexity index is 1440. The van der Waals surface area contributed by atoms with Crippen molar-refractivity contribution >= 4 is 25.1 Å². The number of para-hydroxylation sites is 1. The van der Waals surface area contributed by atoms with Crippen molar-refractivity contribution in [1.82, 2.24) is 10.6 Å². The second-order valence-corrected chi connectivity index (χ2v) is 14.0. The van der Waals surface area contributed by atoms with Crippen LogP contribution in [0.3, 0.4) is 0 Å². The van der Waals surface area contributed by atoms with Gasteiger partial charge in [-0.3, -0.25) is 4.79 Å². The Hall–Kier alpha value is -3.57. The highest BCUT2D eigenvalue weighted by molar-refractivity contribution is 6.48. The van der Waals surface area contributed by atoms with E-state index >= 15 is 0 Å². The third-order valence-electron chi connectivity index (χ3n) is 9.61. The van der Waals surface area contributed by atoms with Gasteiger partial charge in [-0.25, -0.2) is 9.59 Å². The van der Waals surface area contributed by atoms with E-state index in [1.807, 2.05) is 6.07 Å². The maximum absolute atomic E-state index is 13.7. The summed E-state index contributed by atoms with van der Waals surface area (Å²) >= 11 is 0. The predicted octanol–water partition coefficient (Wildman–Crippen LogP) is 5.03. The second-order valence-electron chi connectivity index (χ2n) is 14.0. The van der Waals surface area contributed by atoms with Crippen LogP contribution in [0.5, 0.6) is 5.75 Å². The first-order valence-electron chi connectivity index (χ1n) is 15.2. The molecule has 6 rings (SSSR count). The highest BCUT2D eigenvalue weighted by Crippen LogP contribution is 2.65. The molecule has 1 heterocycles. The summed E-state index contributed by atoms with van der Waals surface area (Å²) in [5, 5.41) is 15.6. The highest BCUT2D eigenvalue weighted by Gasteiger charge is 2.68. The summed E-state index contributed by atoms with van der Waals surface area (Å²) in [6, 6.07) is 11.9. The molecule has 2 aromatic rings. The zero-order valence-corrected chi connectivity index (χ0v) is 26.6. The SMILES string of the molecule is COc1c(CC(NC(=O)c2cccc(CNC(=O)OC(C)(C)C)c2)B2OC3CC4CC(C4(C)C)C3(C)O2)cccc1C(=O)O. The minimum absolute atomic E-state index is 0.0386. The largest absolute Gasteiger partial charge is 0.496 e. The van der Waals surface area contributed by atoms with Crippen LogP contribution in [0.4, 0.5) is 4.79 Å². The van der Waals surface area contributed by atoms with Crippen LogP contribution in [0.2, 0.25) is 0 Å². The molecule has 2 bridgehead atoms. The molecule has 0 spiro atoms. The smallest absolute Gasteiger partial charge is 0.482 e. The molecule has 11 heteroatoms. The van der Waals surface area contributed by atoms with Gasteiger partial charge in [0.1, 0.15) is 16.9 Å². The van der Waals surface area contributed by atoms with Crippen LogP contribution in [0.25, 0.3) is 0 Å². The van der Waals surface area contributed by atoms with Gasteiger partial charge in [0.25, 0.3) is 5.91 Å². The Morgan fingerprint density at radius 1 is 1.11 bits per heavy atom. The molecule has 0 aromatic heterocycles. The number of amides is 2. The van der Waals surface area contributed by atoms with Crippen LogP contribution in [0.15, 0.2) is 42.5 Å². The van der Waals surface area contributed by atoms with Crippen molar-refractivity contribution in [3.8, 4) is 5.75 Å². The van der Waals surface area contributed by atoms with E-state index < -0.39 is 36.3 Å². The molecule has 5 unspecified atom stereocenters. The molecule has 44 heavy (non-hydrogen) atoms. The molecule has 3 N–H and O–H groups in total. The van der Waals surface area contributed by atoms with Crippen LogP contribution >= 0.6 is 0 Å². The topological polar surface area (TPSA) is 132 Å². The number of benzene rings is 2. The first-order chi connectivity index (χ1) is 20.6. The zero-order chi connectivity index (χ0) is 32.0. The van der Waals surface area contributed by atoms with Crippen LogP contribution in [-0.2, 0) is 27.0 Å². The molecular formula is C33H43BN2O8. The minimum Gasteiger partial charge on any atom is -0.496 e. The average molecular weight is 607 g/mol. The van der Waals surface area contributed by atoms with Crippen molar-refractivity contribution < 1.29 is 38.3 Å². The lowest BCUT2D eigenvalue weighted by molar-refractivity contribution is -0.199. The monoisotopic (exact) mass is 606 g/mol. The number of carbonyl (C=O) groups excluding carboxylic acids is 2.